The number of fused-ring (bicyclic) bond motifs is 1. The molecule has 1 fully saturated rings. The van der Waals surface area contributed by atoms with Crippen molar-refractivity contribution in [3.05, 3.63) is 22.6 Å². The fourth-order valence-electron chi connectivity index (χ4n) is 2.86. The predicted octanol–water partition coefficient (Wildman–Crippen LogP) is -0.858. The van der Waals surface area contributed by atoms with Crippen molar-refractivity contribution >= 4 is 22.5 Å². The molecule has 12 heteroatoms. The summed E-state index contributed by atoms with van der Waals surface area (Å²) in [4.78, 5) is 18.2. The van der Waals surface area contributed by atoms with E-state index in [1.165, 1.54) is 6.92 Å². The molecule has 0 aliphatic carbocycles. The molecule has 0 amide bonds. The Morgan fingerprint density at radius 1 is 1.54 bits per heavy atom. The highest BCUT2D eigenvalue weighted by Gasteiger charge is 2.53. The minimum absolute atomic E-state index is 0.00400. The second kappa shape index (κ2) is 5.61. The Labute approximate surface area is 134 Å². The van der Waals surface area contributed by atoms with E-state index < -0.39 is 41.3 Å². The maximum atomic E-state index is 11.3. The summed E-state index contributed by atoms with van der Waals surface area (Å²) in [5.41, 5.74) is -0.509. The van der Waals surface area contributed by atoms with Crippen molar-refractivity contribution in [3.8, 4) is 0 Å². The number of ether oxygens (including phenoxy) is 1. The molecule has 3 heterocycles. The van der Waals surface area contributed by atoms with E-state index in [-0.39, 0.29) is 16.9 Å². The zero-order chi connectivity index (χ0) is 17.6. The number of aromatic nitrogens is 3. The number of anilines is 1. The summed E-state index contributed by atoms with van der Waals surface area (Å²) in [6.07, 6.45) is -1.61. The van der Waals surface area contributed by atoms with Crippen LogP contribution < -0.4 is 5.48 Å². The molecule has 3 rings (SSSR count). The molecule has 0 spiro atoms. The van der Waals surface area contributed by atoms with Gasteiger partial charge in [-0.1, -0.05) is 0 Å². The van der Waals surface area contributed by atoms with E-state index in [0.29, 0.717) is 0 Å². The molecule has 4 atom stereocenters. The number of nitrogens with one attached hydrogen (secondary N) is 1. The van der Waals surface area contributed by atoms with E-state index in [1.54, 1.807) is 5.48 Å². The third-order valence-electron chi connectivity index (χ3n) is 4.08. The molecule has 5 N–H and O–H groups in total. The third kappa shape index (κ3) is 2.20. The molecule has 24 heavy (non-hydrogen) atoms. The Kier molecular flexibility index (Phi) is 3.85. The summed E-state index contributed by atoms with van der Waals surface area (Å²) < 4.78 is 6.61. The second-order valence-corrected chi connectivity index (χ2v) is 5.59. The van der Waals surface area contributed by atoms with Crippen LogP contribution in [0.25, 0.3) is 11.0 Å². The summed E-state index contributed by atoms with van der Waals surface area (Å²) in [5.74, 6) is -0.192. The van der Waals surface area contributed by atoms with Gasteiger partial charge < -0.3 is 20.1 Å². The second-order valence-electron chi connectivity index (χ2n) is 5.59. The molecule has 130 valence electrons. The Bertz CT molecular complexity index is 791. The van der Waals surface area contributed by atoms with Gasteiger partial charge in [-0.3, -0.25) is 25.4 Å². The summed E-state index contributed by atoms with van der Waals surface area (Å²) in [6.45, 7) is 0.732. The van der Waals surface area contributed by atoms with E-state index in [2.05, 4.69) is 9.97 Å². The van der Waals surface area contributed by atoms with Gasteiger partial charge in [-0.15, -0.1) is 0 Å². The highest BCUT2D eigenvalue weighted by molar-refractivity contribution is 5.95. The average Bonchev–Trinajstić information content (AvgIpc) is 3.04. The lowest BCUT2D eigenvalue weighted by atomic mass is 9.96. The molecule has 0 saturated carbocycles. The number of nitrogens with zero attached hydrogens (tertiary/aromatic N) is 4. The number of rotatable bonds is 4. The summed E-state index contributed by atoms with van der Waals surface area (Å²) in [5, 5.41) is 50.2. The molecule has 2 aromatic heterocycles. The van der Waals surface area contributed by atoms with Gasteiger partial charge in [0.25, 0.3) is 5.69 Å². The van der Waals surface area contributed by atoms with Crippen LogP contribution in [0.2, 0.25) is 0 Å². The van der Waals surface area contributed by atoms with E-state index in [1.807, 2.05) is 0 Å². The maximum Gasteiger partial charge on any atom is 0.300 e. The van der Waals surface area contributed by atoms with Crippen LogP contribution in [0.5, 0.6) is 0 Å². The molecule has 3 unspecified atom stereocenters. The first-order valence-corrected chi connectivity index (χ1v) is 6.89. The smallest absolute Gasteiger partial charge is 0.300 e. The lowest BCUT2D eigenvalue weighted by molar-refractivity contribution is -0.383. The minimum Gasteiger partial charge on any atom is -0.394 e. The fraction of sp³-hybridized carbons (Fsp3) is 0.500. The lowest BCUT2D eigenvalue weighted by Crippen LogP contribution is -2.44. The van der Waals surface area contributed by atoms with Crippen LogP contribution in [-0.2, 0) is 4.74 Å². The highest BCUT2D eigenvalue weighted by atomic mass is 16.6. The van der Waals surface area contributed by atoms with Crippen molar-refractivity contribution in [1.82, 2.24) is 14.5 Å². The van der Waals surface area contributed by atoms with Gasteiger partial charge in [0.05, 0.1) is 17.7 Å². The highest BCUT2D eigenvalue weighted by Crippen LogP contribution is 2.42. The quantitative estimate of drug-likeness (QED) is 0.347. The largest absolute Gasteiger partial charge is 0.394 e. The monoisotopic (exact) mass is 341 g/mol. The van der Waals surface area contributed by atoms with Crippen LogP contribution in [0.3, 0.4) is 0 Å². The normalized spacial score (nSPS) is 30.0. The minimum atomic E-state index is -1.84. The number of nitro groups is 1. The summed E-state index contributed by atoms with van der Waals surface area (Å²) in [6, 6.07) is 0. The van der Waals surface area contributed by atoms with Gasteiger partial charge in [0.2, 0.25) is 0 Å². The number of hydrogen-bond acceptors (Lipinski definition) is 10. The number of aliphatic hydroxyl groups is 3. The van der Waals surface area contributed by atoms with Crippen LogP contribution in [0, 0.1) is 10.1 Å². The summed E-state index contributed by atoms with van der Waals surface area (Å²) >= 11 is 0. The fourth-order valence-corrected chi connectivity index (χ4v) is 2.86. The molecule has 0 bridgehead atoms. The lowest BCUT2D eigenvalue weighted by Gasteiger charge is -2.27. The topological polar surface area (TPSA) is 176 Å². The van der Waals surface area contributed by atoms with Crippen molar-refractivity contribution in [1.29, 1.82) is 0 Å². The molecule has 12 nitrogen and oxygen atoms in total. The van der Waals surface area contributed by atoms with Crippen LogP contribution >= 0.6 is 0 Å². The number of hydrogen-bond donors (Lipinski definition) is 5. The van der Waals surface area contributed by atoms with Crippen molar-refractivity contribution in [2.24, 2.45) is 0 Å². The zero-order valence-corrected chi connectivity index (χ0v) is 12.4. The van der Waals surface area contributed by atoms with Crippen molar-refractivity contribution in [2.45, 2.75) is 31.0 Å². The number of aliphatic hydroxyl groups excluding tert-OH is 2. The Morgan fingerprint density at radius 3 is 2.79 bits per heavy atom. The molecule has 2 aromatic rings. The van der Waals surface area contributed by atoms with Gasteiger partial charge in [-0.05, 0) is 6.92 Å². The van der Waals surface area contributed by atoms with Crippen LogP contribution in [0.4, 0.5) is 11.5 Å². The Hall–Kier alpha value is -2.38. The first-order chi connectivity index (χ1) is 11.3. The standard InChI is InChI=1S/C12H15N5O7/c1-12(20)8(19)6(3-18)24-11(12)16-2-5(17(22)23)7-9(15-21)13-4-14-10(7)16/h2,4,6,8,11,18-21H,3H2,1H3,(H,13,14,15)/t6?,8?,11?,12-/m1/s1. The first kappa shape index (κ1) is 16.5. The Morgan fingerprint density at radius 2 is 2.25 bits per heavy atom. The van der Waals surface area contributed by atoms with E-state index in [0.717, 1.165) is 17.1 Å². The van der Waals surface area contributed by atoms with Gasteiger partial charge >= 0.3 is 0 Å². The molecular formula is C12H15N5O7. The van der Waals surface area contributed by atoms with Crippen molar-refractivity contribution in [2.75, 3.05) is 12.1 Å². The van der Waals surface area contributed by atoms with Crippen molar-refractivity contribution in [3.63, 3.8) is 0 Å². The average molecular weight is 341 g/mol. The molecule has 1 aliphatic heterocycles. The van der Waals surface area contributed by atoms with Crippen LogP contribution in [0.15, 0.2) is 12.5 Å². The third-order valence-corrected chi connectivity index (χ3v) is 4.08. The molecule has 0 radical (unpaired) electrons. The van der Waals surface area contributed by atoms with Crippen LogP contribution in [0.1, 0.15) is 13.2 Å². The molecule has 1 saturated heterocycles. The van der Waals surface area contributed by atoms with Gasteiger partial charge in [0.1, 0.15) is 29.5 Å². The maximum absolute atomic E-state index is 11.3. The Balaban J connectivity index is 2.23. The SMILES string of the molecule is C[C@@]1(O)C(O)C(CO)OC1n1cc([N+](=O)[O-])c2c(NO)ncnc21. The molecule has 1 aliphatic rings. The van der Waals surface area contributed by atoms with E-state index >= 15 is 0 Å². The first-order valence-electron chi connectivity index (χ1n) is 6.89. The summed E-state index contributed by atoms with van der Waals surface area (Å²) in [7, 11) is 0. The van der Waals surface area contributed by atoms with Gasteiger partial charge in [-0.2, -0.15) is 0 Å². The van der Waals surface area contributed by atoms with Gasteiger partial charge in [0, 0.05) is 0 Å². The van der Waals surface area contributed by atoms with E-state index in [9.17, 15) is 25.4 Å². The molecule has 0 aromatic carbocycles. The van der Waals surface area contributed by atoms with E-state index in [4.69, 9.17) is 9.94 Å². The van der Waals surface area contributed by atoms with Crippen LogP contribution in [-0.4, -0.2) is 64.4 Å². The van der Waals surface area contributed by atoms with Gasteiger partial charge in [-0.25, -0.2) is 9.97 Å². The predicted molar refractivity (Wildman–Crippen MR) is 77.2 cm³/mol. The zero-order valence-electron chi connectivity index (χ0n) is 12.4. The van der Waals surface area contributed by atoms with Crippen molar-refractivity contribution < 1.29 is 30.2 Å². The molecular weight excluding hydrogens is 326 g/mol. The van der Waals surface area contributed by atoms with Gasteiger partial charge in [0.15, 0.2) is 17.7 Å².